The monoisotopic (exact) mass is 354 g/mol. The highest BCUT2D eigenvalue weighted by molar-refractivity contribution is 9.10. The number of thiophene rings is 1. The van der Waals surface area contributed by atoms with Crippen molar-refractivity contribution in [3.63, 3.8) is 0 Å². The number of nitrogens with zero attached hydrogens (tertiary/aromatic N) is 1. The lowest BCUT2D eigenvalue weighted by Gasteiger charge is -2.13. The maximum Gasteiger partial charge on any atom is 0.270 e. The van der Waals surface area contributed by atoms with Crippen LogP contribution in [0.3, 0.4) is 0 Å². The largest absolute Gasteiger partial charge is 0.345 e. The van der Waals surface area contributed by atoms with Crippen molar-refractivity contribution in [3.05, 3.63) is 60.7 Å². The molecule has 2 rings (SSSR count). The lowest BCUT2D eigenvalue weighted by atomic mass is 10.1. The fraction of sp³-hybridized carbons (Fsp3) is 0.154. The maximum absolute atomic E-state index is 12.2. The second-order valence-corrected chi connectivity index (χ2v) is 5.81. The molecule has 0 radical (unpaired) electrons. The van der Waals surface area contributed by atoms with Gasteiger partial charge in [-0.3, -0.25) is 14.9 Å². The molecule has 7 heteroatoms. The Morgan fingerprint density at radius 1 is 1.45 bits per heavy atom. The molecule has 5 nitrogen and oxygen atoms in total. The predicted molar refractivity (Wildman–Crippen MR) is 81.0 cm³/mol. The molecular weight excluding hydrogens is 344 g/mol. The molecule has 20 heavy (non-hydrogen) atoms. The van der Waals surface area contributed by atoms with Crippen molar-refractivity contribution in [2.24, 2.45) is 0 Å². The topological polar surface area (TPSA) is 72.2 Å². The van der Waals surface area contributed by atoms with Crippen LogP contribution in [0.5, 0.6) is 0 Å². The van der Waals surface area contributed by atoms with E-state index in [2.05, 4.69) is 21.2 Å². The average Bonchev–Trinajstić information content (AvgIpc) is 2.92. The number of non-ortho nitro benzene ring substituents is 1. The van der Waals surface area contributed by atoms with Gasteiger partial charge in [-0.1, -0.05) is 0 Å². The summed E-state index contributed by atoms with van der Waals surface area (Å²) in [6.45, 7) is 1.87. The van der Waals surface area contributed by atoms with E-state index < -0.39 is 4.92 Å². The van der Waals surface area contributed by atoms with E-state index in [1.165, 1.54) is 18.2 Å². The van der Waals surface area contributed by atoms with Crippen LogP contribution >= 0.6 is 27.3 Å². The first kappa shape index (κ1) is 14.7. The van der Waals surface area contributed by atoms with Gasteiger partial charge in [0.25, 0.3) is 11.6 Å². The van der Waals surface area contributed by atoms with Crippen LogP contribution in [-0.4, -0.2) is 10.8 Å². The second-order valence-electron chi connectivity index (χ2n) is 4.17. The molecule has 0 aliphatic heterocycles. The van der Waals surface area contributed by atoms with Crippen molar-refractivity contribution in [1.82, 2.24) is 5.32 Å². The highest BCUT2D eigenvalue weighted by atomic mass is 79.9. The molecule has 1 aromatic heterocycles. The molecule has 2 aromatic rings. The first-order valence-corrected chi connectivity index (χ1v) is 7.49. The Hall–Kier alpha value is -1.73. The van der Waals surface area contributed by atoms with E-state index in [4.69, 9.17) is 0 Å². The number of carbonyl (C=O) groups is 1. The fourth-order valence-corrected chi connectivity index (χ4v) is 2.86. The Balaban J connectivity index is 2.20. The van der Waals surface area contributed by atoms with E-state index in [1.54, 1.807) is 11.3 Å². The summed E-state index contributed by atoms with van der Waals surface area (Å²) in [7, 11) is 0. The Labute approximate surface area is 127 Å². The van der Waals surface area contributed by atoms with Gasteiger partial charge in [0.15, 0.2) is 0 Å². The quantitative estimate of drug-likeness (QED) is 0.668. The van der Waals surface area contributed by atoms with E-state index in [1.807, 2.05) is 23.8 Å². The van der Waals surface area contributed by atoms with Crippen molar-refractivity contribution in [3.8, 4) is 0 Å². The molecule has 1 amide bonds. The molecule has 1 aromatic carbocycles. The van der Waals surface area contributed by atoms with Gasteiger partial charge in [-0.15, -0.1) is 0 Å². The van der Waals surface area contributed by atoms with E-state index in [0.29, 0.717) is 4.47 Å². The van der Waals surface area contributed by atoms with Gasteiger partial charge in [0.1, 0.15) is 0 Å². The summed E-state index contributed by atoms with van der Waals surface area (Å²) in [5, 5.41) is 17.5. The number of carbonyl (C=O) groups excluding carboxylic acids is 1. The summed E-state index contributed by atoms with van der Waals surface area (Å²) in [5.74, 6) is -0.348. The molecule has 0 saturated heterocycles. The van der Waals surface area contributed by atoms with Crippen LogP contribution in [0.15, 0.2) is 39.5 Å². The maximum atomic E-state index is 12.2. The summed E-state index contributed by atoms with van der Waals surface area (Å²) < 4.78 is 0.526. The van der Waals surface area contributed by atoms with Crippen LogP contribution in [0.1, 0.15) is 28.9 Å². The van der Waals surface area contributed by atoms with Crippen molar-refractivity contribution in [2.45, 2.75) is 13.0 Å². The molecule has 0 fully saturated rings. The Bertz CT molecular complexity index is 643. The first-order chi connectivity index (χ1) is 9.49. The van der Waals surface area contributed by atoms with Gasteiger partial charge >= 0.3 is 0 Å². The third-order valence-corrected chi connectivity index (χ3v) is 4.19. The van der Waals surface area contributed by atoms with Crippen molar-refractivity contribution < 1.29 is 9.72 Å². The van der Waals surface area contributed by atoms with E-state index >= 15 is 0 Å². The summed E-state index contributed by atoms with van der Waals surface area (Å²) in [6.07, 6.45) is 0. The zero-order chi connectivity index (χ0) is 14.7. The van der Waals surface area contributed by atoms with Crippen LogP contribution in [0, 0.1) is 10.1 Å². The Morgan fingerprint density at radius 2 is 2.20 bits per heavy atom. The Kier molecular flexibility index (Phi) is 4.51. The molecule has 0 spiro atoms. The smallest absolute Gasteiger partial charge is 0.270 e. The number of nitro benzene ring substituents is 1. The molecule has 1 N–H and O–H groups in total. The number of halogens is 1. The third-order valence-electron chi connectivity index (χ3n) is 2.80. The highest BCUT2D eigenvalue weighted by Crippen LogP contribution is 2.24. The average molecular weight is 355 g/mol. The van der Waals surface area contributed by atoms with E-state index in [9.17, 15) is 14.9 Å². The molecule has 0 bridgehead atoms. The van der Waals surface area contributed by atoms with Crippen LogP contribution in [0.4, 0.5) is 5.69 Å². The lowest BCUT2D eigenvalue weighted by Crippen LogP contribution is -2.26. The molecule has 1 heterocycles. The number of rotatable bonds is 4. The molecule has 0 aliphatic carbocycles. The molecule has 1 atom stereocenters. The van der Waals surface area contributed by atoms with Crippen molar-refractivity contribution in [1.29, 1.82) is 0 Å². The van der Waals surface area contributed by atoms with Crippen LogP contribution in [0.2, 0.25) is 0 Å². The molecule has 0 aliphatic rings. The van der Waals surface area contributed by atoms with Crippen LogP contribution in [-0.2, 0) is 0 Å². The highest BCUT2D eigenvalue weighted by Gasteiger charge is 2.17. The molecule has 0 saturated carbocycles. The van der Waals surface area contributed by atoms with Gasteiger partial charge in [-0.2, -0.15) is 11.3 Å². The number of hydrogen-bond acceptors (Lipinski definition) is 4. The van der Waals surface area contributed by atoms with Gasteiger partial charge in [0.05, 0.1) is 16.5 Å². The van der Waals surface area contributed by atoms with Gasteiger partial charge in [-0.05, 0) is 51.3 Å². The normalized spacial score (nSPS) is 11.9. The van der Waals surface area contributed by atoms with E-state index in [0.717, 1.165) is 5.56 Å². The number of hydrogen-bond donors (Lipinski definition) is 1. The van der Waals surface area contributed by atoms with Crippen LogP contribution in [0.25, 0.3) is 0 Å². The van der Waals surface area contributed by atoms with Gasteiger partial charge in [0.2, 0.25) is 0 Å². The molecule has 104 valence electrons. The van der Waals surface area contributed by atoms with Gasteiger partial charge in [0, 0.05) is 16.6 Å². The lowest BCUT2D eigenvalue weighted by molar-refractivity contribution is -0.384. The summed E-state index contributed by atoms with van der Waals surface area (Å²) in [6, 6.07) is 5.89. The SMILES string of the molecule is CC(NC(=O)c1cc([N+](=O)[O-])ccc1Br)c1ccsc1. The Morgan fingerprint density at radius 3 is 2.80 bits per heavy atom. The van der Waals surface area contributed by atoms with E-state index in [-0.39, 0.29) is 23.2 Å². The number of amides is 1. The summed E-state index contributed by atoms with van der Waals surface area (Å²) in [5.41, 5.74) is 1.15. The predicted octanol–water partition coefficient (Wildman–Crippen LogP) is 3.91. The van der Waals surface area contributed by atoms with Crippen molar-refractivity contribution >= 4 is 38.9 Å². The second kappa shape index (κ2) is 6.15. The minimum Gasteiger partial charge on any atom is -0.345 e. The zero-order valence-corrected chi connectivity index (χ0v) is 12.9. The fourth-order valence-electron chi connectivity index (χ4n) is 1.68. The summed E-state index contributed by atoms with van der Waals surface area (Å²) in [4.78, 5) is 22.4. The van der Waals surface area contributed by atoms with Crippen molar-refractivity contribution in [2.75, 3.05) is 0 Å². The number of nitrogens with one attached hydrogen (secondary N) is 1. The zero-order valence-electron chi connectivity index (χ0n) is 10.5. The molecular formula is C13H11BrN2O3S. The van der Waals surface area contributed by atoms with Gasteiger partial charge < -0.3 is 5.32 Å². The minimum absolute atomic E-state index is 0.110. The molecule has 1 unspecified atom stereocenters. The third kappa shape index (κ3) is 3.23. The van der Waals surface area contributed by atoms with Crippen LogP contribution < -0.4 is 5.32 Å². The first-order valence-electron chi connectivity index (χ1n) is 5.76. The van der Waals surface area contributed by atoms with Gasteiger partial charge in [-0.25, -0.2) is 0 Å². The standard InChI is InChI=1S/C13H11BrN2O3S/c1-8(9-4-5-20-7-9)15-13(17)11-6-10(16(18)19)2-3-12(11)14/h2-8H,1H3,(H,15,17). The summed E-state index contributed by atoms with van der Waals surface area (Å²) >= 11 is 4.79. The number of nitro groups is 1. The number of benzene rings is 1. The minimum atomic E-state index is -0.522.